The first-order valence-corrected chi connectivity index (χ1v) is 6.12. The Kier molecular flexibility index (Phi) is 3.71. The van der Waals surface area contributed by atoms with Crippen molar-refractivity contribution in [1.29, 1.82) is 0 Å². The molecule has 0 aliphatic carbocycles. The first kappa shape index (κ1) is 12.8. The van der Waals surface area contributed by atoms with Gasteiger partial charge in [0, 0.05) is 6.20 Å². The van der Waals surface area contributed by atoms with E-state index >= 15 is 0 Å². The highest BCUT2D eigenvalue weighted by atomic mass is 35.5. The molecule has 6 heteroatoms. The molecular formula is C11H15BClFN2O. The van der Waals surface area contributed by atoms with E-state index in [0.717, 1.165) is 0 Å². The molecular weight excluding hydrogens is 241 g/mol. The van der Waals surface area contributed by atoms with E-state index in [1.807, 2.05) is 4.81 Å². The van der Waals surface area contributed by atoms with Gasteiger partial charge in [0.2, 0.25) is 0 Å². The summed E-state index contributed by atoms with van der Waals surface area (Å²) >= 11 is 5.78. The summed E-state index contributed by atoms with van der Waals surface area (Å²) in [6, 6.07) is 3.25. The van der Waals surface area contributed by atoms with E-state index in [1.165, 1.54) is 6.20 Å². The molecule has 1 N–H and O–H groups in total. The standard InChI is InChI=1S/C11H15BClFN2O/c1-12(17)16-6-3-11(14,4-7-16)9-2-5-15-10(13)8-9/h2,5,8,17H,3-4,6-7H2,1H3. The quantitative estimate of drug-likeness (QED) is 0.650. The Balaban J connectivity index is 2.12. The minimum absolute atomic E-state index is 0.317. The molecule has 92 valence electrons. The summed E-state index contributed by atoms with van der Waals surface area (Å²) in [7, 11) is -0.513. The van der Waals surface area contributed by atoms with E-state index in [9.17, 15) is 9.41 Å². The van der Waals surface area contributed by atoms with Gasteiger partial charge in [0.05, 0.1) is 0 Å². The summed E-state index contributed by atoms with van der Waals surface area (Å²) in [4.78, 5) is 5.72. The van der Waals surface area contributed by atoms with Crippen molar-refractivity contribution < 1.29 is 9.41 Å². The molecule has 17 heavy (non-hydrogen) atoms. The molecule has 3 nitrogen and oxygen atoms in total. The molecule has 1 aliphatic heterocycles. The molecule has 0 amide bonds. The molecule has 1 aromatic heterocycles. The maximum atomic E-state index is 14.7. The Bertz CT molecular complexity index is 397. The fourth-order valence-electron chi connectivity index (χ4n) is 2.22. The van der Waals surface area contributed by atoms with Gasteiger partial charge in [-0.1, -0.05) is 11.6 Å². The van der Waals surface area contributed by atoms with Gasteiger partial charge in [-0.05, 0) is 50.5 Å². The number of halogens is 2. The van der Waals surface area contributed by atoms with Crippen LogP contribution in [0.1, 0.15) is 18.4 Å². The highest BCUT2D eigenvalue weighted by Gasteiger charge is 2.37. The van der Waals surface area contributed by atoms with E-state index in [1.54, 1.807) is 19.0 Å². The molecule has 1 saturated heterocycles. The van der Waals surface area contributed by atoms with Gasteiger partial charge in [0.15, 0.2) is 0 Å². The Morgan fingerprint density at radius 3 is 2.71 bits per heavy atom. The van der Waals surface area contributed by atoms with Crippen molar-refractivity contribution in [2.45, 2.75) is 25.3 Å². The molecule has 2 rings (SSSR count). The van der Waals surface area contributed by atoms with Crippen LogP contribution in [0.5, 0.6) is 0 Å². The number of aromatic nitrogens is 1. The lowest BCUT2D eigenvalue weighted by atomic mass is 9.78. The Hall–Kier alpha value is -0.645. The Morgan fingerprint density at radius 2 is 2.18 bits per heavy atom. The van der Waals surface area contributed by atoms with Crippen LogP contribution in [0.3, 0.4) is 0 Å². The van der Waals surface area contributed by atoms with Crippen LogP contribution in [0, 0.1) is 0 Å². The maximum absolute atomic E-state index is 14.7. The molecule has 2 heterocycles. The average molecular weight is 257 g/mol. The van der Waals surface area contributed by atoms with Crippen molar-refractivity contribution in [1.82, 2.24) is 9.79 Å². The third-order valence-corrected chi connectivity index (χ3v) is 3.57. The fourth-order valence-corrected chi connectivity index (χ4v) is 2.40. The fraction of sp³-hybridized carbons (Fsp3) is 0.545. The molecule has 0 atom stereocenters. The summed E-state index contributed by atoms with van der Waals surface area (Å²) in [6.45, 7) is 2.80. The van der Waals surface area contributed by atoms with Crippen molar-refractivity contribution in [2.75, 3.05) is 13.1 Å². The predicted molar refractivity (Wildman–Crippen MR) is 66.7 cm³/mol. The third-order valence-electron chi connectivity index (χ3n) is 3.36. The van der Waals surface area contributed by atoms with Crippen LogP contribution in [0.25, 0.3) is 0 Å². The zero-order valence-corrected chi connectivity index (χ0v) is 10.5. The van der Waals surface area contributed by atoms with Crippen molar-refractivity contribution >= 4 is 18.7 Å². The van der Waals surface area contributed by atoms with Gasteiger partial charge in [0.1, 0.15) is 10.8 Å². The predicted octanol–water partition coefficient (Wildman–Crippen LogP) is 2.11. The van der Waals surface area contributed by atoms with Gasteiger partial charge >= 0.3 is 7.05 Å². The summed E-state index contributed by atoms with van der Waals surface area (Å²) in [6.07, 6.45) is 2.27. The molecule has 0 spiro atoms. The van der Waals surface area contributed by atoms with Gasteiger partial charge in [-0.15, -0.1) is 0 Å². The smallest absolute Gasteiger partial charge is 0.376 e. The van der Waals surface area contributed by atoms with Crippen LogP contribution in [-0.2, 0) is 5.67 Å². The second-order valence-electron chi connectivity index (χ2n) is 4.50. The number of rotatable bonds is 2. The molecule has 1 aliphatic rings. The van der Waals surface area contributed by atoms with Gasteiger partial charge in [-0.25, -0.2) is 9.37 Å². The van der Waals surface area contributed by atoms with Crippen molar-refractivity contribution in [3.8, 4) is 0 Å². The number of alkyl halides is 1. The molecule has 0 aromatic carbocycles. The van der Waals surface area contributed by atoms with Crippen LogP contribution in [0.2, 0.25) is 12.0 Å². The Morgan fingerprint density at radius 1 is 1.53 bits per heavy atom. The van der Waals surface area contributed by atoms with E-state index in [2.05, 4.69) is 4.98 Å². The summed E-state index contributed by atoms with van der Waals surface area (Å²) in [5.41, 5.74) is -0.763. The lowest BCUT2D eigenvalue weighted by Gasteiger charge is -2.37. The molecule has 0 bridgehead atoms. The topological polar surface area (TPSA) is 36.4 Å². The van der Waals surface area contributed by atoms with Crippen molar-refractivity contribution in [3.63, 3.8) is 0 Å². The monoisotopic (exact) mass is 256 g/mol. The van der Waals surface area contributed by atoms with Crippen molar-refractivity contribution in [3.05, 3.63) is 29.0 Å². The van der Waals surface area contributed by atoms with Gasteiger partial charge < -0.3 is 9.83 Å². The molecule has 1 aromatic rings. The SMILES string of the molecule is CB(O)N1CCC(F)(c2ccnc(Cl)c2)CC1. The van der Waals surface area contributed by atoms with Crippen LogP contribution in [-0.4, -0.2) is 35.0 Å². The average Bonchev–Trinajstić information content (AvgIpc) is 2.29. The van der Waals surface area contributed by atoms with E-state index < -0.39 is 12.7 Å². The lowest BCUT2D eigenvalue weighted by Crippen LogP contribution is -2.46. The van der Waals surface area contributed by atoms with Crippen LogP contribution >= 0.6 is 11.6 Å². The number of piperidine rings is 1. The van der Waals surface area contributed by atoms with Crippen LogP contribution < -0.4 is 0 Å². The first-order chi connectivity index (χ1) is 8.01. The number of nitrogens with zero attached hydrogens (tertiary/aromatic N) is 2. The van der Waals surface area contributed by atoms with Gasteiger partial charge in [-0.3, -0.25) is 0 Å². The summed E-state index contributed by atoms with van der Waals surface area (Å²) < 4.78 is 14.7. The maximum Gasteiger partial charge on any atom is 0.376 e. The van der Waals surface area contributed by atoms with Crippen molar-refractivity contribution in [2.24, 2.45) is 0 Å². The number of hydrogen-bond acceptors (Lipinski definition) is 3. The van der Waals surface area contributed by atoms with Gasteiger partial charge in [0.25, 0.3) is 0 Å². The van der Waals surface area contributed by atoms with E-state index in [-0.39, 0.29) is 0 Å². The number of hydrogen-bond donors (Lipinski definition) is 1. The largest absolute Gasteiger partial charge is 0.437 e. The normalized spacial score (nSPS) is 20.2. The van der Waals surface area contributed by atoms with E-state index in [4.69, 9.17) is 11.6 Å². The zero-order valence-electron chi connectivity index (χ0n) is 9.74. The van der Waals surface area contributed by atoms with Crippen LogP contribution in [0.4, 0.5) is 4.39 Å². The molecule has 1 fully saturated rings. The zero-order chi connectivity index (χ0) is 12.5. The minimum atomic E-state index is -1.35. The number of pyridine rings is 1. The summed E-state index contributed by atoms with van der Waals surface area (Å²) in [5.74, 6) is 0. The minimum Gasteiger partial charge on any atom is -0.437 e. The lowest BCUT2D eigenvalue weighted by molar-refractivity contribution is 0.0808. The van der Waals surface area contributed by atoms with Gasteiger partial charge in [-0.2, -0.15) is 0 Å². The van der Waals surface area contributed by atoms with Crippen LogP contribution in [0.15, 0.2) is 18.3 Å². The molecule has 0 saturated carbocycles. The highest BCUT2D eigenvalue weighted by Crippen LogP contribution is 2.37. The highest BCUT2D eigenvalue weighted by molar-refractivity contribution is 6.45. The summed E-state index contributed by atoms with van der Waals surface area (Å²) in [5, 5.41) is 9.75. The molecule has 0 radical (unpaired) electrons. The third kappa shape index (κ3) is 2.79. The molecule has 0 unspecified atom stereocenters. The first-order valence-electron chi connectivity index (χ1n) is 5.74. The second-order valence-corrected chi connectivity index (χ2v) is 4.89. The van der Waals surface area contributed by atoms with E-state index in [0.29, 0.717) is 36.6 Å². The Labute approximate surface area is 106 Å². The second kappa shape index (κ2) is 4.92.